The highest BCUT2D eigenvalue weighted by Crippen LogP contribution is 2.18. The van der Waals surface area contributed by atoms with Crippen molar-refractivity contribution in [3.05, 3.63) is 34.3 Å². The van der Waals surface area contributed by atoms with E-state index in [-0.39, 0.29) is 13.0 Å². The second-order valence-electron chi connectivity index (χ2n) is 4.36. The Morgan fingerprint density at radius 2 is 2.15 bits per heavy atom. The quantitative estimate of drug-likeness (QED) is 0.771. The van der Waals surface area contributed by atoms with Crippen LogP contribution in [-0.2, 0) is 15.0 Å². The fourth-order valence-corrected chi connectivity index (χ4v) is 3.04. The number of nitrogens with zero attached hydrogens (tertiary/aromatic N) is 1. The molecule has 0 unspecified atom stereocenters. The Bertz CT molecular complexity index is 577. The zero-order valence-corrected chi connectivity index (χ0v) is 13.6. The minimum absolute atomic E-state index is 0.0735. The van der Waals surface area contributed by atoms with Gasteiger partial charge in [-0.3, -0.25) is 4.79 Å². The van der Waals surface area contributed by atoms with E-state index in [1.54, 1.807) is 6.92 Å². The summed E-state index contributed by atoms with van der Waals surface area (Å²) in [5.74, 6) is -1.04. The first-order valence-corrected chi connectivity index (χ1v) is 8.16. The zero-order chi connectivity index (χ0) is 15.3. The Morgan fingerprint density at radius 1 is 1.50 bits per heavy atom. The summed E-state index contributed by atoms with van der Waals surface area (Å²) in [6, 6.07) is 6.89. The molecular weight excluding hydrogens is 348 g/mol. The van der Waals surface area contributed by atoms with Crippen molar-refractivity contribution in [3.63, 3.8) is 0 Å². The molecule has 112 valence electrons. The average Bonchev–Trinajstić information content (AvgIpc) is 2.35. The number of rotatable bonds is 7. The highest BCUT2D eigenvalue weighted by atomic mass is 79.9. The molecule has 0 spiro atoms. The van der Waals surface area contributed by atoms with Crippen LogP contribution >= 0.6 is 15.9 Å². The van der Waals surface area contributed by atoms with E-state index in [9.17, 15) is 13.2 Å². The molecule has 1 atom stereocenters. The summed E-state index contributed by atoms with van der Waals surface area (Å²) in [5, 5.41) is 8.57. The number of hydrogen-bond acceptors (Lipinski definition) is 3. The average molecular weight is 365 g/mol. The van der Waals surface area contributed by atoms with Crippen LogP contribution < -0.4 is 4.72 Å². The normalized spacial score (nSPS) is 13.4. The third-order valence-electron chi connectivity index (χ3n) is 2.73. The lowest BCUT2D eigenvalue weighted by Crippen LogP contribution is -2.40. The van der Waals surface area contributed by atoms with E-state index in [0.29, 0.717) is 0 Å². The third-order valence-corrected chi connectivity index (χ3v) is 4.87. The summed E-state index contributed by atoms with van der Waals surface area (Å²) in [4.78, 5) is 10.5. The van der Waals surface area contributed by atoms with Crippen LogP contribution in [0.1, 0.15) is 24.9 Å². The molecule has 0 aliphatic heterocycles. The minimum Gasteiger partial charge on any atom is -0.481 e. The number of carboxylic acid groups (broad SMARTS) is 1. The van der Waals surface area contributed by atoms with Gasteiger partial charge in [-0.1, -0.05) is 28.1 Å². The van der Waals surface area contributed by atoms with Crippen LogP contribution in [0.5, 0.6) is 0 Å². The van der Waals surface area contributed by atoms with E-state index in [1.165, 1.54) is 7.05 Å². The fraction of sp³-hybridized carbons (Fsp3) is 0.417. The third kappa shape index (κ3) is 5.20. The molecule has 0 amide bonds. The van der Waals surface area contributed by atoms with Crippen molar-refractivity contribution >= 4 is 32.1 Å². The maximum Gasteiger partial charge on any atom is 0.304 e. The molecule has 0 heterocycles. The highest BCUT2D eigenvalue weighted by molar-refractivity contribution is 9.10. The van der Waals surface area contributed by atoms with E-state index < -0.39 is 22.2 Å². The monoisotopic (exact) mass is 364 g/mol. The van der Waals surface area contributed by atoms with E-state index in [2.05, 4.69) is 20.7 Å². The highest BCUT2D eigenvalue weighted by Gasteiger charge is 2.21. The summed E-state index contributed by atoms with van der Waals surface area (Å²) in [6.07, 6.45) is -0.233. The Morgan fingerprint density at radius 3 is 2.70 bits per heavy atom. The van der Waals surface area contributed by atoms with Crippen molar-refractivity contribution in [2.45, 2.75) is 19.4 Å². The summed E-state index contributed by atoms with van der Waals surface area (Å²) in [7, 11) is -2.37. The number of carbonyl (C=O) groups is 1. The molecule has 1 aromatic carbocycles. The molecule has 2 N–H and O–H groups in total. The maximum absolute atomic E-state index is 12.0. The van der Waals surface area contributed by atoms with Gasteiger partial charge in [-0.25, -0.2) is 0 Å². The van der Waals surface area contributed by atoms with E-state index in [0.717, 1.165) is 14.3 Å². The Balaban J connectivity index is 2.72. The van der Waals surface area contributed by atoms with Gasteiger partial charge in [0.15, 0.2) is 0 Å². The maximum atomic E-state index is 12.0. The molecule has 1 rings (SSSR count). The van der Waals surface area contributed by atoms with E-state index in [4.69, 9.17) is 5.11 Å². The van der Waals surface area contributed by atoms with Gasteiger partial charge in [0.1, 0.15) is 0 Å². The molecule has 0 bridgehead atoms. The molecule has 20 heavy (non-hydrogen) atoms. The fourth-order valence-electron chi connectivity index (χ4n) is 1.53. The van der Waals surface area contributed by atoms with Gasteiger partial charge < -0.3 is 5.11 Å². The largest absolute Gasteiger partial charge is 0.481 e. The second kappa shape index (κ2) is 7.16. The number of nitrogens with one attached hydrogen (secondary N) is 1. The molecule has 0 saturated heterocycles. The number of hydrogen-bond donors (Lipinski definition) is 2. The van der Waals surface area contributed by atoms with Crippen molar-refractivity contribution < 1.29 is 18.3 Å². The number of benzene rings is 1. The second-order valence-corrected chi connectivity index (χ2v) is 7.09. The molecule has 0 radical (unpaired) electrons. The van der Waals surface area contributed by atoms with Gasteiger partial charge in [0.25, 0.3) is 10.2 Å². The van der Waals surface area contributed by atoms with Gasteiger partial charge in [0.05, 0.1) is 6.42 Å². The molecule has 0 saturated carbocycles. The molecule has 0 fully saturated rings. The first-order valence-electron chi connectivity index (χ1n) is 5.93. The first kappa shape index (κ1) is 17.1. The van der Waals surface area contributed by atoms with Gasteiger partial charge in [-0.15, -0.1) is 0 Å². The van der Waals surface area contributed by atoms with Crippen LogP contribution in [0.15, 0.2) is 28.7 Å². The van der Waals surface area contributed by atoms with Gasteiger partial charge in [0.2, 0.25) is 0 Å². The molecule has 0 aliphatic carbocycles. The minimum atomic E-state index is -3.71. The molecule has 6 nitrogen and oxygen atoms in total. The van der Waals surface area contributed by atoms with Crippen molar-refractivity contribution in [3.8, 4) is 0 Å². The predicted octanol–water partition coefficient (Wildman–Crippen LogP) is 1.75. The summed E-state index contributed by atoms with van der Waals surface area (Å²) >= 11 is 3.33. The predicted molar refractivity (Wildman–Crippen MR) is 79.5 cm³/mol. The zero-order valence-electron chi connectivity index (χ0n) is 11.2. The first-order chi connectivity index (χ1) is 9.22. The topological polar surface area (TPSA) is 86.7 Å². The summed E-state index contributed by atoms with van der Waals surface area (Å²) in [6.45, 7) is 1.65. The number of halogens is 1. The molecule has 0 aromatic heterocycles. The lowest BCUT2D eigenvalue weighted by atomic mass is 10.1. The Kier molecular flexibility index (Phi) is 6.12. The van der Waals surface area contributed by atoms with Gasteiger partial charge >= 0.3 is 5.97 Å². The van der Waals surface area contributed by atoms with Crippen LogP contribution in [0.2, 0.25) is 0 Å². The SMILES string of the molecule is C[C@@H](NS(=O)(=O)N(C)CCC(=O)O)c1cccc(Br)c1. The smallest absolute Gasteiger partial charge is 0.304 e. The lowest BCUT2D eigenvalue weighted by molar-refractivity contribution is -0.137. The Hall–Kier alpha value is -0.960. The molecule has 8 heteroatoms. The van der Waals surface area contributed by atoms with Crippen LogP contribution in [0.25, 0.3) is 0 Å². The molecule has 0 aliphatic rings. The van der Waals surface area contributed by atoms with E-state index >= 15 is 0 Å². The van der Waals surface area contributed by atoms with Crippen molar-refractivity contribution in [1.29, 1.82) is 0 Å². The Labute approximate surface area is 127 Å². The summed E-state index contributed by atoms with van der Waals surface area (Å²) in [5.41, 5.74) is 0.814. The summed E-state index contributed by atoms with van der Waals surface area (Å²) < 4.78 is 28.4. The standard InChI is InChI=1S/C12H17BrN2O4S/c1-9(10-4-3-5-11(13)8-10)14-20(18,19)15(2)7-6-12(16)17/h3-5,8-9,14H,6-7H2,1-2H3,(H,16,17)/t9-/m1/s1. The van der Waals surface area contributed by atoms with Crippen LogP contribution in [0, 0.1) is 0 Å². The van der Waals surface area contributed by atoms with Crippen LogP contribution in [0.4, 0.5) is 0 Å². The van der Waals surface area contributed by atoms with E-state index in [1.807, 2.05) is 24.3 Å². The van der Waals surface area contributed by atoms with Crippen LogP contribution in [-0.4, -0.2) is 37.4 Å². The number of aliphatic carboxylic acids is 1. The molecule has 1 aromatic rings. The van der Waals surface area contributed by atoms with Crippen molar-refractivity contribution in [2.75, 3.05) is 13.6 Å². The van der Waals surface area contributed by atoms with Crippen molar-refractivity contribution in [2.24, 2.45) is 0 Å². The lowest BCUT2D eigenvalue weighted by Gasteiger charge is -2.21. The van der Waals surface area contributed by atoms with Gasteiger partial charge in [-0.05, 0) is 24.6 Å². The van der Waals surface area contributed by atoms with Gasteiger partial charge in [-0.2, -0.15) is 17.4 Å². The molecular formula is C12H17BrN2O4S. The number of carboxylic acids is 1. The van der Waals surface area contributed by atoms with Crippen LogP contribution in [0.3, 0.4) is 0 Å². The van der Waals surface area contributed by atoms with Crippen molar-refractivity contribution in [1.82, 2.24) is 9.03 Å². The van der Waals surface area contributed by atoms with Gasteiger partial charge in [0, 0.05) is 24.1 Å².